The maximum atomic E-state index is 13.5. The molecule has 0 aliphatic carbocycles. The average Bonchev–Trinajstić information content (AvgIpc) is 2.50. The number of nitrogens with one attached hydrogen (secondary N) is 2. The summed E-state index contributed by atoms with van der Waals surface area (Å²) in [5.41, 5.74) is 0.454. The molecule has 1 atom stereocenters. The number of rotatable bonds is 4. The van der Waals surface area contributed by atoms with E-state index >= 15 is 0 Å². The van der Waals surface area contributed by atoms with Gasteiger partial charge in [-0.15, -0.1) is 0 Å². The van der Waals surface area contributed by atoms with E-state index in [1.165, 1.54) is 25.1 Å². The summed E-state index contributed by atoms with van der Waals surface area (Å²) in [5, 5.41) is 5.48. The number of halogens is 2. The number of carbonyl (C=O) groups is 2. The standard InChI is InChI=1S/C16H14ClFN2O2/c1-10(15(21)20-14-5-3-2-4-13(14)18)19-16(22)11-6-8-12(17)9-7-11/h2-10H,1H3,(H,19,22)(H,20,21). The Labute approximate surface area is 132 Å². The fourth-order valence-electron chi connectivity index (χ4n) is 1.75. The van der Waals surface area contributed by atoms with Gasteiger partial charge in [0.05, 0.1) is 5.69 Å². The van der Waals surface area contributed by atoms with E-state index in [4.69, 9.17) is 11.6 Å². The van der Waals surface area contributed by atoms with Crippen LogP contribution in [0.3, 0.4) is 0 Å². The fraction of sp³-hybridized carbons (Fsp3) is 0.125. The molecule has 114 valence electrons. The monoisotopic (exact) mass is 320 g/mol. The zero-order valence-electron chi connectivity index (χ0n) is 11.8. The molecule has 6 heteroatoms. The van der Waals surface area contributed by atoms with E-state index < -0.39 is 23.7 Å². The van der Waals surface area contributed by atoms with Crippen LogP contribution in [0.5, 0.6) is 0 Å². The van der Waals surface area contributed by atoms with Crippen LogP contribution in [0.15, 0.2) is 48.5 Å². The molecule has 0 spiro atoms. The third-order valence-electron chi connectivity index (χ3n) is 2.98. The van der Waals surface area contributed by atoms with Crippen molar-refractivity contribution >= 4 is 29.1 Å². The second-order valence-corrected chi connectivity index (χ2v) is 5.11. The molecule has 1 unspecified atom stereocenters. The Bertz CT molecular complexity index is 689. The number of hydrogen-bond donors (Lipinski definition) is 2. The van der Waals surface area contributed by atoms with Crippen LogP contribution in [0.2, 0.25) is 5.02 Å². The van der Waals surface area contributed by atoms with E-state index in [1.54, 1.807) is 30.3 Å². The molecule has 0 heterocycles. The summed E-state index contributed by atoms with van der Waals surface area (Å²) in [6.45, 7) is 1.52. The Morgan fingerprint density at radius 2 is 1.73 bits per heavy atom. The van der Waals surface area contributed by atoms with Gasteiger partial charge in [0.15, 0.2) is 0 Å². The first-order valence-corrected chi connectivity index (χ1v) is 6.97. The van der Waals surface area contributed by atoms with Crippen molar-refractivity contribution in [2.45, 2.75) is 13.0 Å². The van der Waals surface area contributed by atoms with Crippen LogP contribution in [0, 0.1) is 5.82 Å². The van der Waals surface area contributed by atoms with E-state index in [2.05, 4.69) is 10.6 Å². The van der Waals surface area contributed by atoms with Crippen molar-refractivity contribution in [3.05, 3.63) is 64.9 Å². The topological polar surface area (TPSA) is 58.2 Å². The highest BCUT2D eigenvalue weighted by atomic mass is 35.5. The van der Waals surface area contributed by atoms with Gasteiger partial charge >= 0.3 is 0 Å². The van der Waals surface area contributed by atoms with Gasteiger partial charge in [-0.05, 0) is 43.3 Å². The average molecular weight is 321 g/mol. The lowest BCUT2D eigenvalue weighted by Crippen LogP contribution is -2.41. The minimum atomic E-state index is -0.817. The molecule has 2 N–H and O–H groups in total. The Kier molecular flexibility index (Phi) is 5.12. The molecule has 22 heavy (non-hydrogen) atoms. The van der Waals surface area contributed by atoms with E-state index in [0.717, 1.165) is 0 Å². The number of anilines is 1. The van der Waals surface area contributed by atoms with Crippen LogP contribution < -0.4 is 10.6 Å². The number of benzene rings is 2. The SMILES string of the molecule is CC(NC(=O)c1ccc(Cl)cc1)C(=O)Nc1ccccc1F. The van der Waals surface area contributed by atoms with Crippen molar-refractivity contribution in [3.8, 4) is 0 Å². The molecule has 0 bridgehead atoms. The zero-order chi connectivity index (χ0) is 16.1. The highest BCUT2D eigenvalue weighted by molar-refractivity contribution is 6.30. The summed E-state index contributed by atoms with van der Waals surface area (Å²) >= 11 is 5.75. The summed E-state index contributed by atoms with van der Waals surface area (Å²) < 4.78 is 13.5. The maximum absolute atomic E-state index is 13.5. The molecule has 4 nitrogen and oxygen atoms in total. The summed E-state index contributed by atoms with van der Waals surface area (Å²) in [6.07, 6.45) is 0. The molecule has 0 saturated carbocycles. The van der Waals surface area contributed by atoms with Gasteiger partial charge in [0.2, 0.25) is 5.91 Å². The molecule has 0 aliphatic rings. The highest BCUT2D eigenvalue weighted by Gasteiger charge is 2.17. The molecule has 0 saturated heterocycles. The minimum Gasteiger partial charge on any atom is -0.341 e. The third-order valence-corrected chi connectivity index (χ3v) is 3.23. The van der Waals surface area contributed by atoms with Crippen molar-refractivity contribution in [1.82, 2.24) is 5.32 Å². The van der Waals surface area contributed by atoms with Crippen molar-refractivity contribution in [2.75, 3.05) is 5.32 Å². The first-order valence-electron chi connectivity index (χ1n) is 6.59. The third kappa shape index (κ3) is 4.05. The molecular weight excluding hydrogens is 307 g/mol. The molecule has 2 aromatic carbocycles. The Hall–Kier alpha value is -2.40. The predicted molar refractivity (Wildman–Crippen MR) is 83.4 cm³/mol. The number of hydrogen-bond acceptors (Lipinski definition) is 2. The second kappa shape index (κ2) is 7.04. The van der Waals surface area contributed by atoms with Gasteiger partial charge in [-0.25, -0.2) is 4.39 Å². The zero-order valence-corrected chi connectivity index (χ0v) is 12.5. The summed E-state index contributed by atoms with van der Waals surface area (Å²) in [4.78, 5) is 24.0. The van der Waals surface area contributed by atoms with Crippen molar-refractivity contribution in [1.29, 1.82) is 0 Å². The number of carbonyl (C=O) groups excluding carboxylic acids is 2. The molecule has 2 aromatic rings. The summed E-state index contributed by atoms with van der Waals surface area (Å²) in [5.74, 6) is -1.45. The summed E-state index contributed by atoms with van der Waals surface area (Å²) in [7, 11) is 0. The highest BCUT2D eigenvalue weighted by Crippen LogP contribution is 2.13. The predicted octanol–water partition coefficient (Wildman–Crippen LogP) is 3.24. The van der Waals surface area contributed by atoms with Gasteiger partial charge < -0.3 is 10.6 Å². The number of amides is 2. The summed E-state index contributed by atoms with van der Waals surface area (Å²) in [6, 6.07) is 11.3. The quantitative estimate of drug-likeness (QED) is 0.908. The Morgan fingerprint density at radius 1 is 1.09 bits per heavy atom. The lowest BCUT2D eigenvalue weighted by Gasteiger charge is -2.14. The molecule has 0 radical (unpaired) electrons. The molecule has 2 rings (SSSR count). The first-order chi connectivity index (χ1) is 10.5. The van der Waals surface area contributed by atoms with Crippen LogP contribution in [0.1, 0.15) is 17.3 Å². The fourth-order valence-corrected chi connectivity index (χ4v) is 1.88. The molecular formula is C16H14ClFN2O2. The van der Waals surface area contributed by atoms with Crippen molar-refractivity contribution in [2.24, 2.45) is 0 Å². The van der Waals surface area contributed by atoms with Crippen molar-refractivity contribution in [3.63, 3.8) is 0 Å². The number of para-hydroxylation sites is 1. The Morgan fingerprint density at radius 3 is 2.36 bits per heavy atom. The minimum absolute atomic E-state index is 0.0695. The Balaban J connectivity index is 1.98. The van der Waals surface area contributed by atoms with Crippen molar-refractivity contribution < 1.29 is 14.0 Å². The van der Waals surface area contributed by atoms with Crippen LogP contribution in [0.25, 0.3) is 0 Å². The normalized spacial score (nSPS) is 11.6. The van der Waals surface area contributed by atoms with Gasteiger partial charge in [0.1, 0.15) is 11.9 Å². The molecule has 0 aromatic heterocycles. The van der Waals surface area contributed by atoms with E-state index in [9.17, 15) is 14.0 Å². The van der Waals surface area contributed by atoms with Gasteiger partial charge in [-0.3, -0.25) is 9.59 Å². The molecule has 0 fully saturated rings. The van der Waals surface area contributed by atoms with Crippen LogP contribution in [-0.2, 0) is 4.79 Å². The van der Waals surface area contributed by atoms with Gasteiger partial charge in [0.25, 0.3) is 5.91 Å². The first kappa shape index (κ1) is 16.0. The lowest BCUT2D eigenvalue weighted by atomic mass is 10.2. The van der Waals surface area contributed by atoms with Gasteiger partial charge in [0, 0.05) is 10.6 Å². The largest absolute Gasteiger partial charge is 0.341 e. The smallest absolute Gasteiger partial charge is 0.251 e. The van der Waals surface area contributed by atoms with E-state index in [0.29, 0.717) is 10.6 Å². The van der Waals surface area contributed by atoms with Gasteiger partial charge in [-0.1, -0.05) is 23.7 Å². The molecule has 0 aliphatic heterocycles. The maximum Gasteiger partial charge on any atom is 0.251 e. The second-order valence-electron chi connectivity index (χ2n) is 4.67. The van der Waals surface area contributed by atoms with E-state index in [1.807, 2.05) is 0 Å². The van der Waals surface area contributed by atoms with Crippen LogP contribution in [-0.4, -0.2) is 17.9 Å². The molecule has 2 amide bonds. The van der Waals surface area contributed by atoms with Gasteiger partial charge in [-0.2, -0.15) is 0 Å². The lowest BCUT2D eigenvalue weighted by molar-refractivity contribution is -0.117. The van der Waals surface area contributed by atoms with Crippen LogP contribution in [0.4, 0.5) is 10.1 Å². The van der Waals surface area contributed by atoms with E-state index in [-0.39, 0.29) is 5.69 Å². The van der Waals surface area contributed by atoms with Crippen LogP contribution >= 0.6 is 11.6 Å².